The Kier molecular flexibility index (Phi) is 7.50. The summed E-state index contributed by atoms with van der Waals surface area (Å²) in [6, 6.07) is 11.8. The number of nitrogens with zero attached hydrogens (tertiary/aromatic N) is 2. The van der Waals surface area contributed by atoms with Gasteiger partial charge in [-0.05, 0) is 43.3 Å². The van der Waals surface area contributed by atoms with Gasteiger partial charge in [0.15, 0.2) is 0 Å². The minimum atomic E-state index is -0.439. The van der Waals surface area contributed by atoms with Crippen LogP contribution in [-0.2, 0) is 17.8 Å². The monoisotopic (exact) mass is 457 g/mol. The highest BCUT2D eigenvalue weighted by Gasteiger charge is 2.18. The van der Waals surface area contributed by atoms with Gasteiger partial charge in [0.2, 0.25) is 5.91 Å². The highest BCUT2D eigenvalue weighted by molar-refractivity contribution is 6.30. The Morgan fingerprint density at radius 2 is 1.88 bits per heavy atom. The number of carbonyl (C=O) groups excluding carboxylic acids is 1. The molecule has 0 saturated heterocycles. The zero-order valence-corrected chi connectivity index (χ0v) is 18.8. The molecule has 8 nitrogen and oxygen atoms in total. The quantitative estimate of drug-likeness (QED) is 0.539. The van der Waals surface area contributed by atoms with Gasteiger partial charge in [0.1, 0.15) is 23.9 Å². The van der Waals surface area contributed by atoms with E-state index in [9.17, 15) is 14.7 Å². The summed E-state index contributed by atoms with van der Waals surface area (Å²) in [5, 5.41) is 12.7. The lowest BCUT2D eigenvalue weighted by Crippen LogP contribution is -2.33. The van der Waals surface area contributed by atoms with Crippen LogP contribution in [0.25, 0.3) is 11.4 Å². The Morgan fingerprint density at radius 3 is 2.50 bits per heavy atom. The molecule has 168 valence electrons. The number of amides is 1. The highest BCUT2D eigenvalue weighted by Crippen LogP contribution is 2.29. The Balaban J connectivity index is 2.00. The minimum Gasteiger partial charge on any atom is -0.497 e. The molecule has 0 spiro atoms. The van der Waals surface area contributed by atoms with E-state index in [0.29, 0.717) is 44.9 Å². The third-order valence-electron chi connectivity index (χ3n) is 4.92. The van der Waals surface area contributed by atoms with Gasteiger partial charge in [-0.1, -0.05) is 11.6 Å². The number of aromatic nitrogens is 2. The number of hydrogen-bond acceptors (Lipinski definition) is 6. The maximum absolute atomic E-state index is 13.2. The number of rotatable bonds is 8. The second-order valence-corrected chi connectivity index (χ2v) is 7.42. The number of aliphatic hydroxyl groups is 1. The Hall–Kier alpha value is -3.36. The van der Waals surface area contributed by atoms with Crippen molar-refractivity contribution in [2.45, 2.75) is 19.9 Å². The maximum Gasteiger partial charge on any atom is 0.257 e. The van der Waals surface area contributed by atoms with Gasteiger partial charge >= 0.3 is 0 Å². The van der Waals surface area contributed by atoms with Crippen molar-refractivity contribution < 1.29 is 19.4 Å². The molecule has 0 unspecified atom stereocenters. The smallest absolute Gasteiger partial charge is 0.257 e. The number of ether oxygens (including phenoxy) is 2. The van der Waals surface area contributed by atoms with E-state index in [1.54, 1.807) is 49.4 Å². The van der Waals surface area contributed by atoms with Crippen molar-refractivity contribution in [2.24, 2.45) is 0 Å². The van der Waals surface area contributed by atoms with E-state index >= 15 is 0 Å². The molecule has 1 aromatic heterocycles. The molecular weight excluding hydrogens is 434 g/mol. The Morgan fingerprint density at radius 1 is 1.16 bits per heavy atom. The molecule has 0 aliphatic heterocycles. The van der Waals surface area contributed by atoms with Gasteiger partial charge < -0.3 is 19.9 Å². The topological polar surface area (TPSA) is 103 Å². The van der Waals surface area contributed by atoms with E-state index in [-0.39, 0.29) is 25.1 Å². The van der Waals surface area contributed by atoms with Gasteiger partial charge in [0.05, 0.1) is 19.9 Å². The highest BCUT2D eigenvalue weighted by atomic mass is 35.5. The fourth-order valence-electron chi connectivity index (χ4n) is 3.30. The number of carbonyl (C=O) groups is 1. The number of hydrogen-bond donors (Lipinski definition) is 2. The summed E-state index contributed by atoms with van der Waals surface area (Å²) in [6.45, 7) is 1.23. The molecular formula is C23H24ClN3O5. The molecule has 0 bridgehead atoms. The summed E-state index contributed by atoms with van der Waals surface area (Å²) in [5.74, 6) is 0.900. The van der Waals surface area contributed by atoms with E-state index < -0.39 is 5.91 Å². The molecule has 3 rings (SSSR count). The van der Waals surface area contributed by atoms with Crippen LogP contribution in [0, 0.1) is 6.92 Å². The lowest BCUT2D eigenvalue weighted by atomic mass is 10.1. The molecule has 3 aromatic rings. The summed E-state index contributed by atoms with van der Waals surface area (Å²) < 4.78 is 11.8. The van der Waals surface area contributed by atoms with Gasteiger partial charge in [0.25, 0.3) is 5.56 Å². The number of aryl methyl sites for hydroxylation is 1. The van der Waals surface area contributed by atoms with E-state index in [1.807, 2.05) is 0 Å². The zero-order chi connectivity index (χ0) is 23.3. The predicted octanol–water partition coefficient (Wildman–Crippen LogP) is 3.06. The van der Waals surface area contributed by atoms with Crippen LogP contribution in [0.3, 0.4) is 0 Å². The van der Waals surface area contributed by atoms with Crippen LogP contribution in [0.4, 0.5) is 5.69 Å². The fourth-order valence-corrected chi connectivity index (χ4v) is 3.43. The van der Waals surface area contributed by atoms with Crippen LogP contribution in [0.5, 0.6) is 11.5 Å². The van der Waals surface area contributed by atoms with Crippen LogP contribution < -0.4 is 20.3 Å². The van der Waals surface area contributed by atoms with Crippen molar-refractivity contribution in [1.82, 2.24) is 9.55 Å². The first kappa shape index (κ1) is 23.3. The van der Waals surface area contributed by atoms with Crippen LogP contribution in [-0.4, -0.2) is 41.4 Å². The molecule has 0 radical (unpaired) electrons. The SMILES string of the molecule is COc1ccc(NC(=O)Cn2c(-c3ccc(Cl)cc3)nc(C)c(CCO)c2=O)c(OC)c1. The zero-order valence-electron chi connectivity index (χ0n) is 18.0. The molecule has 0 atom stereocenters. The third kappa shape index (κ3) is 5.09. The van der Waals surface area contributed by atoms with Gasteiger partial charge in [-0.2, -0.15) is 0 Å². The molecule has 1 amide bonds. The summed E-state index contributed by atoms with van der Waals surface area (Å²) in [4.78, 5) is 30.6. The number of benzene rings is 2. The molecule has 9 heteroatoms. The number of nitrogens with one attached hydrogen (secondary N) is 1. The molecule has 2 N–H and O–H groups in total. The van der Waals surface area contributed by atoms with Crippen molar-refractivity contribution in [1.29, 1.82) is 0 Å². The van der Waals surface area contributed by atoms with Crippen molar-refractivity contribution in [2.75, 3.05) is 26.1 Å². The maximum atomic E-state index is 13.2. The lowest BCUT2D eigenvalue weighted by molar-refractivity contribution is -0.116. The second-order valence-electron chi connectivity index (χ2n) is 6.99. The largest absolute Gasteiger partial charge is 0.497 e. The molecule has 0 aliphatic rings. The van der Waals surface area contributed by atoms with Crippen LogP contribution in [0.2, 0.25) is 5.02 Å². The average molecular weight is 458 g/mol. The van der Waals surface area contributed by atoms with Gasteiger partial charge in [-0.25, -0.2) is 4.98 Å². The molecule has 1 heterocycles. The molecule has 0 aliphatic carbocycles. The summed E-state index contributed by atoms with van der Waals surface area (Å²) in [5.41, 5.74) is 1.56. The number of anilines is 1. The molecule has 0 fully saturated rings. The number of halogens is 1. The van der Waals surface area contributed by atoms with E-state index in [2.05, 4.69) is 10.3 Å². The standard InChI is InChI=1S/C23H24ClN3O5/c1-14-18(10-11-28)23(30)27(22(25-14)15-4-6-16(24)7-5-15)13-21(29)26-19-9-8-17(31-2)12-20(19)32-3/h4-9,12,28H,10-11,13H2,1-3H3,(H,26,29). The molecule has 0 saturated carbocycles. The first-order chi connectivity index (χ1) is 15.4. The average Bonchev–Trinajstić information content (AvgIpc) is 2.79. The van der Waals surface area contributed by atoms with Crippen molar-refractivity contribution >= 4 is 23.2 Å². The molecule has 2 aromatic carbocycles. The first-order valence-corrected chi connectivity index (χ1v) is 10.2. The van der Waals surface area contributed by atoms with Crippen LogP contribution in [0.1, 0.15) is 11.3 Å². The predicted molar refractivity (Wildman–Crippen MR) is 123 cm³/mol. The first-order valence-electron chi connectivity index (χ1n) is 9.87. The summed E-state index contributed by atoms with van der Waals surface area (Å²) >= 11 is 5.99. The minimum absolute atomic E-state index is 0.145. The molecule has 32 heavy (non-hydrogen) atoms. The lowest BCUT2D eigenvalue weighted by Gasteiger charge is -2.17. The van der Waals surface area contributed by atoms with E-state index in [4.69, 9.17) is 21.1 Å². The number of aliphatic hydroxyl groups excluding tert-OH is 1. The second kappa shape index (κ2) is 10.3. The van der Waals surface area contributed by atoms with E-state index in [1.165, 1.54) is 18.8 Å². The normalized spacial score (nSPS) is 10.7. The van der Waals surface area contributed by atoms with Gasteiger partial charge in [-0.15, -0.1) is 0 Å². The van der Waals surface area contributed by atoms with Crippen molar-refractivity contribution in [3.8, 4) is 22.9 Å². The number of methoxy groups -OCH3 is 2. The van der Waals surface area contributed by atoms with Crippen molar-refractivity contribution in [3.05, 3.63) is 69.1 Å². The Labute approximate surface area is 190 Å². The van der Waals surface area contributed by atoms with Crippen molar-refractivity contribution in [3.63, 3.8) is 0 Å². The fraction of sp³-hybridized carbons (Fsp3) is 0.261. The van der Waals surface area contributed by atoms with Crippen LogP contribution in [0.15, 0.2) is 47.3 Å². The Bertz CT molecular complexity index is 1180. The van der Waals surface area contributed by atoms with Crippen LogP contribution >= 0.6 is 11.6 Å². The van der Waals surface area contributed by atoms with E-state index in [0.717, 1.165) is 0 Å². The summed E-state index contributed by atoms with van der Waals surface area (Å²) in [6.07, 6.45) is 0.145. The third-order valence-corrected chi connectivity index (χ3v) is 5.17. The van der Waals surface area contributed by atoms with Gasteiger partial charge in [-0.3, -0.25) is 14.2 Å². The van der Waals surface area contributed by atoms with Gasteiger partial charge in [0, 0.05) is 40.9 Å². The summed E-state index contributed by atoms with van der Waals surface area (Å²) in [7, 11) is 3.02.